The molecule has 17 heavy (non-hydrogen) atoms. The molecule has 0 atom stereocenters. The summed E-state index contributed by atoms with van der Waals surface area (Å²) in [5.74, 6) is 1.10. The van der Waals surface area contributed by atoms with Gasteiger partial charge in [-0.2, -0.15) is 11.8 Å². The lowest BCUT2D eigenvalue weighted by Gasteiger charge is -2.09. The van der Waals surface area contributed by atoms with Crippen LogP contribution >= 0.6 is 27.7 Å². The Morgan fingerprint density at radius 2 is 2.06 bits per heavy atom. The number of halogens is 1. The van der Waals surface area contributed by atoms with Crippen molar-refractivity contribution in [3.63, 3.8) is 0 Å². The van der Waals surface area contributed by atoms with E-state index in [0.29, 0.717) is 5.25 Å². The highest BCUT2D eigenvalue weighted by Crippen LogP contribution is 2.27. The minimum Gasteiger partial charge on any atom is -0.344 e. The zero-order valence-electron chi connectivity index (χ0n) is 10.5. The van der Waals surface area contributed by atoms with Crippen LogP contribution in [0.2, 0.25) is 0 Å². The first kappa shape index (κ1) is 13.0. The second kappa shape index (κ2) is 5.49. The maximum atomic E-state index is 3.55. The average Bonchev–Trinajstić information content (AvgIpc) is 2.63. The van der Waals surface area contributed by atoms with E-state index < -0.39 is 0 Å². The number of rotatable bonds is 4. The van der Waals surface area contributed by atoms with E-state index in [9.17, 15) is 0 Å². The average molecular weight is 312 g/mol. The first-order valence-electron chi connectivity index (χ1n) is 6.01. The van der Waals surface area contributed by atoms with Crippen molar-refractivity contribution in [3.05, 3.63) is 34.4 Å². The molecular formula is C14H18BrNS. The number of aryl methyl sites for hydroxylation is 1. The van der Waals surface area contributed by atoms with Gasteiger partial charge in [-0.1, -0.05) is 35.8 Å². The molecule has 3 heteroatoms. The van der Waals surface area contributed by atoms with E-state index in [0.717, 1.165) is 16.8 Å². The Balaban J connectivity index is 2.41. The van der Waals surface area contributed by atoms with Gasteiger partial charge in [0.25, 0.3) is 0 Å². The molecule has 0 saturated heterocycles. The molecule has 1 aromatic heterocycles. The molecule has 2 aromatic rings. The predicted molar refractivity (Wildman–Crippen MR) is 81.7 cm³/mol. The van der Waals surface area contributed by atoms with E-state index in [-0.39, 0.29) is 0 Å². The monoisotopic (exact) mass is 311 g/mol. The van der Waals surface area contributed by atoms with Gasteiger partial charge >= 0.3 is 0 Å². The molecule has 0 bridgehead atoms. The molecule has 0 unspecified atom stereocenters. The topological polar surface area (TPSA) is 4.93 Å². The van der Waals surface area contributed by atoms with Crippen molar-refractivity contribution in [2.75, 3.05) is 0 Å². The molecule has 1 nitrogen and oxygen atoms in total. The van der Waals surface area contributed by atoms with Gasteiger partial charge in [0.2, 0.25) is 0 Å². The van der Waals surface area contributed by atoms with Crippen LogP contribution in [0.3, 0.4) is 0 Å². The van der Waals surface area contributed by atoms with Crippen molar-refractivity contribution >= 4 is 38.6 Å². The lowest BCUT2D eigenvalue weighted by Crippen LogP contribution is -2.00. The Morgan fingerprint density at radius 1 is 1.29 bits per heavy atom. The molecule has 0 N–H and O–H groups in total. The van der Waals surface area contributed by atoms with E-state index in [1.54, 1.807) is 0 Å². The van der Waals surface area contributed by atoms with Gasteiger partial charge in [0.15, 0.2) is 0 Å². The van der Waals surface area contributed by atoms with Crippen LogP contribution in [0.1, 0.15) is 26.5 Å². The smallest absolute Gasteiger partial charge is 0.0494 e. The van der Waals surface area contributed by atoms with Crippen LogP contribution in [0.15, 0.2) is 28.7 Å². The van der Waals surface area contributed by atoms with Gasteiger partial charge in [0.1, 0.15) is 0 Å². The summed E-state index contributed by atoms with van der Waals surface area (Å²) in [5.41, 5.74) is 2.76. The summed E-state index contributed by atoms with van der Waals surface area (Å²) < 4.78 is 3.57. The van der Waals surface area contributed by atoms with Gasteiger partial charge in [-0.25, -0.2) is 0 Å². The fourth-order valence-corrected chi connectivity index (χ4v) is 3.12. The van der Waals surface area contributed by atoms with Crippen molar-refractivity contribution < 1.29 is 0 Å². The predicted octanol–water partition coefficient (Wildman–Crippen LogP) is 5.07. The van der Waals surface area contributed by atoms with E-state index in [1.807, 2.05) is 11.8 Å². The Kier molecular flexibility index (Phi) is 4.21. The van der Waals surface area contributed by atoms with Crippen molar-refractivity contribution in [1.29, 1.82) is 0 Å². The summed E-state index contributed by atoms with van der Waals surface area (Å²) in [6.45, 7) is 7.75. The van der Waals surface area contributed by atoms with Crippen LogP contribution in [0.25, 0.3) is 10.9 Å². The molecule has 0 aliphatic carbocycles. The van der Waals surface area contributed by atoms with Crippen LogP contribution in [-0.2, 0) is 12.3 Å². The Bertz CT molecular complexity index is 516. The van der Waals surface area contributed by atoms with Gasteiger partial charge < -0.3 is 4.57 Å². The summed E-state index contributed by atoms with van der Waals surface area (Å²) in [5, 5.41) is 2.03. The molecule has 0 aliphatic rings. The van der Waals surface area contributed by atoms with Gasteiger partial charge in [-0.3, -0.25) is 0 Å². The van der Waals surface area contributed by atoms with Crippen LogP contribution < -0.4 is 0 Å². The number of thioether (sulfide) groups is 1. The lowest BCUT2D eigenvalue weighted by molar-refractivity contribution is 0.765. The van der Waals surface area contributed by atoms with Crippen molar-refractivity contribution in [3.8, 4) is 0 Å². The van der Waals surface area contributed by atoms with Gasteiger partial charge in [0, 0.05) is 28.0 Å². The zero-order chi connectivity index (χ0) is 12.4. The van der Waals surface area contributed by atoms with E-state index >= 15 is 0 Å². The minimum atomic E-state index is 0.685. The highest BCUT2D eigenvalue weighted by Gasteiger charge is 2.08. The third-order valence-corrected chi connectivity index (χ3v) is 4.46. The Hall–Kier alpha value is -0.410. The van der Waals surface area contributed by atoms with Crippen LogP contribution in [0.4, 0.5) is 0 Å². The number of fused-ring (bicyclic) bond motifs is 1. The number of nitrogens with zero attached hydrogens (tertiary/aromatic N) is 1. The number of aromatic nitrogens is 1. The maximum Gasteiger partial charge on any atom is 0.0494 e. The third kappa shape index (κ3) is 2.89. The number of hydrogen-bond acceptors (Lipinski definition) is 1. The Labute approximate surface area is 116 Å². The van der Waals surface area contributed by atoms with Crippen molar-refractivity contribution in [2.24, 2.45) is 0 Å². The molecular weight excluding hydrogens is 294 g/mol. The summed E-state index contributed by atoms with van der Waals surface area (Å²) >= 11 is 5.55. The molecule has 1 heterocycles. The molecule has 0 aliphatic heterocycles. The first-order chi connectivity index (χ1) is 8.11. The molecule has 0 spiro atoms. The number of benzene rings is 1. The summed E-state index contributed by atoms with van der Waals surface area (Å²) in [6, 6.07) is 8.83. The summed E-state index contributed by atoms with van der Waals surface area (Å²) in [4.78, 5) is 0. The van der Waals surface area contributed by atoms with Crippen LogP contribution in [0.5, 0.6) is 0 Å². The summed E-state index contributed by atoms with van der Waals surface area (Å²) in [7, 11) is 0. The van der Waals surface area contributed by atoms with Crippen LogP contribution in [0, 0.1) is 0 Å². The highest BCUT2D eigenvalue weighted by atomic mass is 79.9. The van der Waals surface area contributed by atoms with Gasteiger partial charge in [-0.05, 0) is 35.8 Å². The third-order valence-electron chi connectivity index (χ3n) is 2.83. The van der Waals surface area contributed by atoms with E-state index in [4.69, 9.17) is 0 Å². The van der Waals surface area contributed by atoms with Gasteiger partial charge in [0.05, 0.1) is 0 Å². The lowest BCUT2D eigenvalue weighted by atomic mass is 10.2. The molecule has 0 radical (unpaired) electrons. The molecule has 1 aromatic carbocycles. The minimum absolute atomic E-state index is 0.685. The molecule has 0 fully saturated rings. The molecule has 92 valence electrons. The Morgan fingerprint density at radius 3 is 2.71 bits per heavy atom. The van der Waals surface area contributed by atoms with Crippen molar-refractivity contribution in [1.82, 2.24) is 4.57 Å². The van der Waals surface area contributed by atoms with E-state index in [2.05, 4.69) is 65.5 Å². The zero-order valence-corrected chi connectivity index (χ0v) is 12.9. The maximum absolute atomic E-state index is 3.55. The molecule has 0 amide bonds. The fraction of sp³-hybridized carbons (Fsp3) is 0.429. The highest BCUT2D eigenvalue weighted by molar-refractivity contribution is 9.10. The normalized spacial score (nSPS) is 11.6. The SMILES string of the molecule is CCn1c(CSC(C)C)cc2ccc(Br)cc21. The number of hydrogen-bond donors (Lipinski definition) is 0. The first-order valence-corrected chi connectivity index (χ1v) is 7.85. The quantitative estimate of drug-likeness (QED) is 0.763. The largest absolute Gasteiger partial charge is 0.344 e. The molecule has 0 saturated carbocycles. The fourth-order valence-electron chi connectivity index (χ4n) is 2.03. The molecule has 2 rings (SSSR count). The van der Waals surface area contributed by atoms with Crippen LogP contribution in [-0.4, -0.2) is 9.82 Å². The van der Waals surface area contributed by atoms with Crippen molar-refractivity contribution in [2.45, 2.75) is 38.3 Å². The second-order valence-electron chi connectivity index (χ2n) is 4.44. The second-order valence-corrected chi connectivity index (χ2v) is 6.92. The summed E-state index contributed by atoms with van der Waals surface area (Å²) in [6.07, 6.45) is 0. The van der Waals surface area contributed by atoms with Gasteiger partial charge in [-0.15, -0.1) is 0 Å². The standard InChI is InChI=1S/C14H18BrNS/c1-4-16-13(9-17-10(2)3)7-11-5-6-12(15)8-14(11)16/h5-8,10H,4,9H2,1-3H3. The van der Waals surface area contributed by atoms with E-state index in [1.165, 1.54) is 16.6 Å².